The van der Waals surface area contributed by atoms with Crippen molar-refractivity contribution >= 4 is 57.7 Å². The molecule has 0 radical (unpaired) electrons. The molecule has 5 rings (SSSR count). The molecule has 4 aromatic rings. The lowest BCUT2D eigenvalue weighted by molar-refractivity contribution is 0.0751. The Hall–Kier alpha value is -3.26. The van der Waals surface area contributed by atoms with Gasteiger partial charge in [-0.05, 0) is 66.0 Å². The van der Waals surface area contributed by atoms with E-state index in [-0.39, 0.29) is 17.6 Å². The van der Waals surface area contributed by atoms with Crippen molar-refractivity contribution < 1.29 is 14.0 Å². The van der Waals surface area contributed by atoms with Gasteiger partial charge in [0.2, 0.25) is 0 Å². The predicted octanol–water partition coefficient (Wildman–Crippen LogP) is 6.53. The third-order valence-electron chi connectivity index (χ3n) is 5.77. The van der Waals surface area contributed by atoms with Crippen LogP contribution in [0.5, 0.6) is 0 Å². The number of carbonyl (C=O) groups excluding carboxylic acids is 2. The highest BCUT2D eigenvalue weighted by Crippen LogP contribution is 2.29. The molecule has 178 valence electrons. The van der Waals surface area contributed by atoms with Crippen LogP contribution < -0.4 is 10.2 Å². The Kier molecular flexibility index (Phi) is 6.81. The number of nitrogens with zero attached hydrogens (tertiary/aromatic N) is 2. The van der Waals surface area contributed by atoms with Gasteiger partial charge in [0, 0.05) is 53.2 Å². The van der Waals surface area contributed by atoms with E-state index in [9.17, 15) is 9.59 Å². The maximum absolute atomic E-state index is 12.7. The van der Waals surface area contributed by atoms with E-state index >= 15 is 0 Å². The SMILES string of the molecule is O=C(Nc1ccc(N2CCN(C(=O)c3cccs3)CC2)cc1)c1ccc(-c2cc(Cl)cc(Cl)c2)o1. The standard InChI is InChI=1S/C26H21Cl2N3O3S/c27-18-14-17(15-19(28)16-18)22-7-8-23(34-22)25(32)29-20-3-5-21(6-4-20)30-9-11-31(12-10-30)26(33)24-2-1-13-35-24/h1-8,13-16H,9-12H2,(H,29,32). The van der Waals surface area contributed by atoms with E-state index in [1.807, 2.05) is 46.7 Å². The summed E-state index contributed by atoms with van der Waals surface area (Å²) in [5.41, 5.74) is 2.40. The molecule has 35 heavy (non-hydrogen) atoms. The van der Waals surface area contributed by atoms with Crippen LogP contribution in [0.4, 0.5) is 11.4 Å². The summed E-state index contributed by atoms with van der Waals surface area (Å²) in [6.07, 6.45) is 0. The summed E-state index contributed by atoms with van der Waals surface area (Å²) in [5.74, 6) is 0.438. The molecule has 1 aliphatic heterocycles. The fourth-order valence-corrected chi connectivity index (χ4v) is 5.20. The quantitative estimate of drug-likeness (QED) is 0.321. The number of halogens is 2. The van der Waals surface area contributed by atoms with Crippen LogP contribution >= 0.6 is 34.5 Å². The van der Waals surface area contributed by atoms with E-state index in [0.29, 0.717) is 40.1 Å². The topological polar surface area (TPSA) is 65.8 Å². The van der Waals surface area contributed by atoms with Crippen LogP contribution in [0.2, 0.25) is 10.0 Å². The Morgan fingerprint density at radius 3 is 2.26 bits per heavy atom. The summed E-state index contributed by atoms with van der Waals surface area (Å²) >= 11 is 13.6. The lowest BCUT2D eigenvalue weighted by atomic mass is 10.2. The second-order valence-electron chi connectivity index (χ2n) is 8.08. The number of amides is 2. The summed E-state index contributed by atoms with van der Waals surface area (Å²) in [6, 6.07) is 19.8. The summed E-state index contributed by atoms with van der Waals surface area (Å²) in [7, 11) is 0. The van der Waals surface area contributed by atoms with Crippen molar-refractivity contribution in [2.24, 2.45) is 0 Å². The van der Waals surface area contributed by atoms with Crippen molar-refractivity contribution in [3.05, 3.63) is 92.8 Å². The largest absolute Gasteiger partial charge is 0.451 e. The Bertz CT molecular complexity index is 1320. The number of benzene rings is 2. The minimum absolute atomic E-state index is 0.0947. The van der Waals surface area contributed by atoms with Crippen LogP contribution in [0.3, 0.4) is 0 Å². The number of piperazine rings is 1. The summed E-state index contributed by atoms with van der Waals surface area (Å²) < 4.78 is 5.72. The van der Waals surface area contributed by atoms with Crippen molar-refractivity contribution in [3.8, 4) is 11.3 Å². The van der Waals surface area contributed by atoms with Gasteiger partial charge in [-0.1, -0.05) is 29.3 Å². The minimum Gasteiger partial charge on any atom is -0.451 e. The number of thiophene rings is 1. The molecule has 6 nitrogen and oxygen atoms in total. The number of anilines is 2. The van der Waals surface area contributed by atoms with Crippen LogP contribution in [0.15, 0.2) is 76.5 Å². The lowest BCUT2D eigenvalue weighted by Crippen LogP contribution is -2.48. The second-order valence-corrected chi connectivity index (χ2v) is 9.90. The van der Waals surface area contributed by atoms with Crippen molar-refractivity contribution in [2.45, 2.75) is 0 Å². The van der Waals surface area contributed by atoms with Crippen LogP contribution in [-0.4, -0.2) is 42.9 Å². The van der Waals surface area contributed by atoms with Crippen molar-refractivity contribution in [1.82, 2.24) is 4.90 Å². The first-order chi connectivity index (χ1) is 17.0. The average Bonchev–Trinajstić information content (AvgIpc) is 3.57. The molecule has 0 bridgehead atoms. The molecule has 0 unspecified atom stereocenters. The second kappa shape index (κ2) is 10.2. The van der Waals surface area contributed by atoms with E-state index in [1.165, 1.54) is 11.3 Å². The maximum atomic E-state index is 12.7. The number of hydrogen-bond donors (Lipinski definition) is 1. The van der Waals surface area contributed by atoms with Gasteiger partial charge in [0.25, 0.3) is 11.8 Å². The average molecular weight is 526 g/mol. The van der Waals surface area contributed by atoms with Gasteiger partial charge in [-0.15, -0.1) is 11.3 Å². The Morgan fingerprint density at radius 1 is 0.886 bits per heavy atom. The number of rotatable bonds is 5. The molecule has 1 aliphatic rings. The van der Waals surface area contributed by atoms with Gasteiger partial charge in [-0.2, -0.15) is 0 Å². The number of nitrogens with one attached hydrogen (secondary N) is 1. The Labute approximate surface area is 216 Å². The van der Waals surface area contributed by atoms with Crippen LogP contribution in [0.25, 0.3) is 11.3 Å². The molecule has 1 saturated heterocycles. The van der Waals surface area contributed by atoms with Gasteiger partial charge in [-0.3, -0.25) is 9.59 Å². The summed E-state index contributed by atoms with van der Waals surface area (Å²) in [5, 5.41) is 5.76. The van der Waals surface area contributed by atoms with Gasteiger partial charge in [0.15, 0.2) is 5.76 Å². The predicted molar refractivity (Wildman–Crippen MR) is 141 cm³/mol. The molecular weight excluding hydrogens is 505 g/mol. The first-order valence-electron chi connectivity index (χ1n) is 11.0. The molecular formula is C26H21Cl2N3O3S. The van der Waals surface area contributed by atoms with E-state index in [0.717, 1.165) is 23.7 Å². The van der Waals surface area contributed by atoms with Crippen LogP contribution in [0, 0.1) is 0 Å². The number of furan rings is 1. The van der Waals surface area contributed by atoms with Gasteiger partial charge in [-0.25, -0.2) is 0 Å². The zero-order valence-electron chi connectivity index (χ0n) is 18.5. The molecule has 0 saturated carbocycles. The monoisotopic (exact) mass is 525 g/mol. The normalized spacial score (nSPS) is 13.7. The first-order valence-corrected chi connectivity index (χ1v) is 12.7. The number of hydrogen-bond acceptors (Lipinski definition) is 5. The minimum atomic E-state index is -0.349. The van der Waals surface area contributed by atoms with Gasteiger partial charge < -0.3 is 19.5 Å². The molecule has 2 aromatic carbocycles. The molecule has 3 heterocycles. The molecule has 0 spiro atoms. The van der Waals surface area contributed by atoms with Gasteiger partial charge in [0.1, 0.15) is 5.76 Å². The van der Waals surface area contributed by atoms with E-state index in [2.05, 4.69) is 10.2 Å². The molecule has 2 amide bonds. The molecule has 9 heteroatoms. The van der Waals surface area contributed by atoms with E-state index in [4.69, 9.17) is 27.6 Å². The van der Waals surface area contributed by atoms with Crippen LogP contribution in [-0.2, 0) is 0 Å². The van der Waals surface area contributed by atoms with E-state index < -0.39 is 0 Å². The molecule has 1 N–H and O–H groups in total. The molecule has 2 aromatic heterocycles. The van der Waals surface area contributed by atoms with Gasteiger partial charge >= 0.3 is 0 Å². The zero-order chi connectivity index (χ0) is 24.4. The van der Waals surface area contributed by atoms with Crippen molar-refractivity contribution in [3.63, 3.8) is 0 Å². The highest BCUT2D eigenvalue weighted by molar-refractivity contribution is 7.12. The fourth-order valence-electron chi connectivity index (χ4n) is 3.98. The highest BCUT2D eigenvalue weighted by atomic mass is 35.5. The smallest absolute Gasteiger partial charge is 0.291 e. The lowest BCUT2D eigenvalue weighted by Gasteiger charge is -2.36. The first kappa shape index (κ1) is 23.5. The Balaban J connectivity index is 1.18. The van der Waals surface area contributed by atoms with E-state index in [1.54, 1.807) is 30.3 Å². The molecule has 0 aliphatic carbocycles. The molecule has 1 fully saturated rings. The third-order valence-corrected chi connectivity index (χ3v) is 7.06. The van der Waals surface area contributed by atoms with Gasteiger partial charge in [0.05, 0.1) is 4.88 Å². The van der Waals surface area contributed by atoms with Crippen molar-refractivity contribution in [2.75, 3.05) is 36.4 Å². The fraction of sp³-hybridized carbons (Fsp3) is 0.154. The Morgan fingerprint density at radius 2 is 1.60 bits per heavy atom. The highest BCUT2D eigenvalue weighted by Gasteiger charge is 2.23. The van der Waals surface area contributed by atoms with Crippen molar-refractivity contribution in [1.29, 1.82) is 0 Å². The third kappa shape index (κ3) is 5.37. The number of carbonyl (C=O) groups is 2. The maximum Gasteiger partial charge on any atom is 0.291 e. The summed E-state index contributed by atoms with van der Waals surface area (Å²) in [6.45, 7) is 2.86. The zero-order valence-corrected chi connectivity index (χ0v) is 20.9. The summed E-state index contributed by atoms with van der Waals surface area (Å²) in [4.78, 5) is 30.1. The van der Waals surface area contributed by atoms with Crippen LogP contribution in [0.1, 0.15) is 20.2 Å². The molecule has 0 atom stereocenters.